The molecule has 1 atom stereocenters. The molecular formula is C15H22F2N2. The Bertz CT molecular complexity index is 446. The fourth-order valence-corrected chi connectivity index (χ4v) is 2.51. The molecule has 4 heteroatoms. The summed E-state index contributed by atoms with van der Waals surface area (Å²) >= 11 is 0. The molecule has 0 radical (unpaired) electrons. The Hall–Kier alpha value is -1.00. The summed E-state index contributed by atoms with van der Waals surface area (Å²) in [6.45, 7) is 8.57. The van der Waals surface area contributed by atoms with Crippen LogP contribution in [0.25, 0.3) is 0 Å². The van der Waals surface area contributed by atoms with Crippen LogP contribution in [0.4, 0.5) is 8.78 Å². The second kappa shape index (κ2) is 5.55. The lowest BCUT2D eigenvalue weighted by atomic mass is 9.95. The van der Waals surface area contributed by atoms with Crippen molar-refractivity contribution in [3.05, 3.63) is 35.4 Å². The summed E-state index contributed by atoms with van der Waals surface area (Å²) in [5.41, 5.74) is 0.384. The molecule has 0 aliphatic carbocycles. The van der Waals surface area contributed by atoms with E-state index in [1.165, 1.54) is 0 Å². The van der Waals surface area contributed by atoms with E-state index in [4.69, 9.17) is 0 Å². The number of rotatable bonds is 3. The topological polar surface area (TPSA) is 15.3 Å². The molecule has 0 bridgehead atoms. The molecule has 1 unspecified atom stereocenters. The van der Waals surface area contributed by atoms with Crippen LogP contribution in [0.15, 0.2) is 18.2 Å². The number of benzene rings is 1. The molecule has 1 heterocycles. The van der Waals surface area contributed by atoms with Gasteiger partial charge in [0.25, 0.3) is 0 Å². The molecule has 2 nitrogen and oxygen atoms in total. The van der Waals surface area contributed by atoms with Crippen molar-refractivity contribution in [3.63, 3.8) is 0 Å². The van der Waals surface area contributed by atoms with E-state index in [1.807, 2.05) is 0 Å². The van der Waals surface area contributed by atoms with Gasteiger partial charge in [-0.1, -0.05) is 19.1 Å². The predicted molar refractivity (Wildman–Crippen MR) is 72.9 cm³/mol. The number of hydrogen-bond donors (Lipinski definition) is 1. The molecular weight excluding hydrogens is 246 g/mol. The minimum atomic E-state index is -0.766. The minimum Gasteiger partial charge on any atom is -0.311 e. The van der Waals surface area contributed by atoms with Crippen molar-refractivity contribution in [1.29, 1.82) is 0 Å². The Kier molecular flexibility index (Phi) is 4.21. The molecule has 1 aliphatic heterocycles. The van der Waals surface area contributed by atoms with Crippen LogP contribution in [0.1, 0.15) is 32.8 Å². The third kappa shape index (κ3) is 3.12. The van der Waals surface area contributed by atoms with E-state index in [2.05, 4.69) is 31.0 Å². The molecule has 106 valence electrons. The van der Waals surface area contributed by atoms with Crippen LogP contribution in [0.2, 0.25) is 0 Å². The van der Waals surface area contributed by atoms with E-state index in [-0.39, 0.29) is 5.54 Å². The summed E-state index contributed by atoms with van der Waals surface area (Å²) in [4.78, 5) is 2.23. The molecule has 1 aromatic rings. The van der Waals surface area contributed by atoms with Gasteiger partial charge >= 0.3 is 0 Å². The highest BCUT2D eigenvalue weighted by molar-refractivity contribution is 5.19. The molecule has 19 heavy (non-hydrogen) atoms. The van der Waals surface area contributed by atoms with Crippen molar-refractivity contribution in [2.24, 2.45) is 0 Å². The van der Waals surface area contributed by atoms with Crippen LogP contribution in [0.3, 0.4) is 0 Å². The monoisotopic (exact) mass is 268 g/mol. The summed E-state index contributed by atoms with van der Waals surface area (Å²) in [6, 6.07) is 4.82. The molecule has 1 aromatic carbocycles. The summed E-state index contributed by atoms with van der Waals surface area (Å²) in [6.07, 6.45) is 1.04. The normalized spacial score (nSPS) is 23.5. The lowest BCUT2D eigenvalue weighted by Crippen LogP contribution is -2.61. The van der Waals surface area contributed by atoms with Crippen molar-refractivity contribution >= 4 is 0 Å². The number of piperazine rings is 1. The first-order valence-electron chi connectivity index (χ1n) is 6.85. The van der Waals surface area contributed by atoms with Crippen molar-refractivity contribution < 1.29 is 8.78 Å². The first kappa shape index (κ1) is 14.4. The fourth-order valence-electron chi connectivity index (χ4n) is 2.51. The van der Waals surface area contributed by atoms with Gasteiger partial charge in [0.2, 0.25) is 0 Å². The van der Waals surface area contributed by atoms with E-state index in [0.29, 0.717) is 18.2 Å². The molecule has 1 saturated heterocycles. The average molecular weight is 268 g/mol. The van der Waals surface area contributed by atoms with Gasteiger partial charge in [-0.2, -0.15) is 0 Å². The Labute approximate surface area is 113 Å². The number of nitrogens with one attached hydrogen (secondary N) is 1. The van der Waals surface area contributed by atoms with Crippen LogP contribution >= 0.6 is 0 Å². The molecule has 2 rings (SSSR count). The summed E-state index contributed by atoms with van der Waals surface area (Å²) in [5, 5.41) is 3.49. The number of hydrogen-bond acceptors (Lipinski definition) is 2. The molecule has 1 N–H and O–H groups in total. The molecule has 1 fully saturated rings. The van der Waals surface area contributed by atoms with Gasteiger partial charge in [0, 0.05) is 36.8 Å². The lowest BCUT2D eigenvalue weighted by molar-refractivity contribution is 0.0565. The van der Waals surface area contributed by atoms with E-state index < -0.39 is 11.6 Å². The SMILES string of the molecule is CCC1CN(Cc2cccc(F)c2F)C(C)(C)CN1. The zero-order valence-corrected chi connectivity index (χ0v) is 11.8. The fraction of sp³-hybridized carbons (Fsp3) is 0.600. The van der Waals surface area contributed by atoms with Crippen LogP contribution < -0.4 is 5.32 Å². The number of nitrogens with zero attached hydrogens (tertiary/aromatic N) is 1. The summed E-state index contributed by atoms with van der Waals surface area (Å²) in [7, 11) is 0. The van der Waals surface area contributed by atoms with E-state index >= 15 is 0 Å². The third-order valence-corrected chi connectivity index (χ3v) is 4.01. The van der Waals surface area contributed by atoms with Gasteiger partial charge in [0.1, 0.15) is 0 Å². The van der Waals surface area contributed by atoms with Crippen molar-refractivity contribution in [1.82, 2.24) is 10.2 Å². The second-order valence-electron chi connectivity index (χ2n) is 5.89. The average Bonchev–Trinajstić information content (AvgIpc) is 2.37. The highest BCUT2D eigenvalue weighted by atomic mass is 19.2. The van der Waals surface area contributed by atoms with Gasteiger partial charge < -0.3 is 5.32 Å². The second-order valence-corrected chi connectivity index (χ2v) is 5.89. The Morgan fingerprint density at radius 1 is 1.37 bits per heavy atom. The smallest absolute Gasteiger partial charge is 0.163 e. The van der Waals surface area contributed by atoms with E-state index in [9.17, 15) is 8.78 Å². The largest absolute Gasteiger partial charge is 0.311 e. The molecule has 1 aliphatic rings. The molecule has 0 spiro atoms. The molecule has 0 aromatic heterocycles. The van der Waals surface area contributed by atoms with Crippen LogP contribution in [0, 0.1) is 11.6 Å². The first-order chi connectivity index (χ1) is 8.94. The highest BCUT2D eigenvalue weighted by Crippen LogP contribution is 2.23. The first-order valence-corrected chi connectivity index (χ1v) is 6.85. The minimum absolute atomic E-state index is 0.0512. The highest BCUT2D eigenvalue weighted by Gasteiger charge is 2.33. The predicted octanol–water partition coefficient (Wildman–Crippen LogP) is 2.93. The maximum Gasteiger partial charge on any atom is 0.163 e. The van der Waals surface area contributed by atoms with Crippen LogP contribution in [-0.4, -0.2) is 29.6 Å². The zero-order valence-electron chi connectivity index (χ0n) is 11.8. The third-order valence-electron chi connectivity index (χ3n) is 4.01. The van der Waals surface area contributed by atoms with Gasteiger partial charge in [-0.15, -0.1) is 0 Å². The lowest BCUT2D eigenvalue weighted by Gasteiger charge is -2.46. The van der Waals surface area contributed by atoms with E-state index in [1.54, 1.807) is 12.1 Å². The summed E-state index contributed by atoms with van der Waals surface area (Å²) < 4.78 is 27.0. The van der Waals surface area contributed by atoms with Gasteiger partial charge in [-0.3, -0.25) is 4.90 Å². The standard InChI is InChI=1S/C15H22F2N2/c1-4-12-9-19(15(2,3)10-18-12)8-11-6-5-7-13(16)14(11)17/h5-7,12,18H,4,8-10H2,1-3H3. The summed E-state index contributed by atoms with van der Waals surface area (Å²) in [5.74, 6) is -1.48. The van der Waals surface area contributed by atoms with Gasteiger partial charge in [-0.05, 0) is 26.3 Å². The van der Waals surface area contributed by atoms with E-state index in [0.717, 1.165) is 25.6 Å². The van der Waals surface area contributed by atoms with Crippen molar-refractivity contribution in [2.75, 3.05) is 13.1 Å². The van der Waals surface area contributed by atoms with Crippen molar-refractivity contribution in [3.8, 4) is 0 Å². The maximum absolute atomic E-state index is 13.8. The van der Waals surface area contributed by atoms with Gasteiger partial charge in [0.05, 0.1) is 0 Å². The Balaban J connectivity index is 2.17. The molecule has 0 amide bonds. The van der Waals surface area contributed by atoms with Crippen molar-refractivity contribution in [2.45, 2.75) is 45.3 Å². The van der Waals surface area contributed by atoms with Crippen LogP contribution in [0.5, 0.6) is 0 Å². The Morgan fingerprint density at radius 2 is 2.11 bits per heavy atom. The number of halogens is 2. The van der Waals surface area contributed by atoms with Crippen LogP contribution in [-0.2, 0) is 6.54 Å². The molecule has 0 saturated carbocycles. The van der Waals surface area contributed by atoms with Gasteiger partial charge in [0.15, 0.2) is 11.6 Å². The quantitative estimate of drug-likeness (QED) is 0.906. The maximum atomic E-state index is 13.8. The zero-order chi connectivity index (χ0) is 14.0. The Morgan fingerprint density at radius 3 is 2.79 bits per heavy atom. The van der Waals surface area contributed by atoms with Gasteiger partial charge in [-0.25, -0.2) is 8.78 Å².